The van der Waals surface area contributed by atoms with Crippen molar-refractivity contribution in [3.63, 3.8) is 0 Å². The second-order valence-corrected chi connectivity index (χ2v) is 6.38. The van der Waals surface area contributed by atoms with Gasteiger partial charge >= 0.3 is 5.97 Å². The predicted molar refractivity (Wildman–Crippen MR) is 85.2 cm³/mol. The summed E-state index contributed by atoms with van der Waals surface area (Å²) in [4.78, 5) is 23.3. The Balaban J connectivity index is 2.94. The summed E-state index contributed by atoms with van der Waals surface area (Å²) < 4.78 is 1.57. The van der Waals surface area contributed by atoms with Crippen molar-refractivity contribution in [2.45, 2.75) is 26.3 Å². The Bertz CT molecular complexity index is 493. The van der Waals surface area contributed by atoms with Crippen molar-refractivity contribution in [2.75, 3.05) is 0 Å². The van der Waals surface area contributed by atoms with Gasteiger partial charge in [0.2, 0.25) is 0 Å². The van der Waals surface area contributed by atoms with E-state index in [1.807, 2.05) is 19.9 Å². The van der Waals surface area contributed by atoms with Crippen LogP contribution in [0, 0.1) is 9.49 Å². The smallest absolute Gasteiger partial charge is 0.326 e. The van der Waals surface area contributed by atoms with Gasteiger partial charge < -0.3 is 10.4 Å². The van der Waals surface area contributed by atoms with Crippen LogP contribution in [0.25, 0.3) is 0 Å². The fourth-order valence-electron chi connectivity index (χ4n) is 1.57. The molecule has 0 heterocycles. The molecule has 0 radical (unpaired) electrons. The van der Waals surface area contributed by atoms with Crippen molar-refractivity contribution < 1.29 is 14.7 Å². The number of rotatable bonds is 5. The number of hydrogen-bond donors (Lipinski definition) is 2. The Morgan fingerprint density at radius 3 is 2.63 bits per heavy atom. The van der Waals surface area contributed by atoms with Crippen LogP contribution in [0.15, 0.2) is 22.7 Å². The van der Waals surface area contributed by atoms with Gasteiger partial charge in [-0.2, -0.15) is 0 Å². The highest BCUT2D eigenvalue weighted by molar-refractivity contribution is 14.1. The molecular weight excluding hydrogens is 425 g/mol. The number of carbonyl (C=O) groups is 2. The highest BCUT2D eigenvalue weighted by Crippen LogP contribution is 2.19. The van der Waals surface area contributed by atoms with Crippen LogP contribution in [0.4, 0.5) is 0 Å². The summed E-state index contributed by atoms with van der Waals surface area (Å²) in [7, 11) is 0. The lowest BCUT2D eigenvalue weighted by Crippen LogP contribution is -2.45. The number of carboxylic acids is 1. The van der Waals surface area contributed by atoms with Crippen molar-refractivity contribution in [3.8, 4) is 0 Å². The molecule has 1 aromatic rings. The SMILES string of the molecule is CC[C@H](C)[C@H](NC(=O)c1cc(Br)ccc1I)C(=O)O. The molecule has 1 aromatic carbocycles. The van der Waals surface area contributed by atoms with E-state index in [1.54, 1.807) is 12.1 Å². The van der Waals surface area contributed by atoms with Crippen molar-refractivity contribution >= 4 is 50.4 Å². The van der Waals surface area contributed by atoms with Crippen LogP contribution < -0.4 is 5.32 Å². The summed E-state index contributed by atoms with van der Waals surface area (Å²) in [5.41, 5.74) is 0.476. The summed E-state index contributed by atoms with van der Waals surface area (Å²) in [6.45, 7) is 3.71. The summed E-state index contributed by atoms with van der Waals surface area (Å²) in [6, 6.07) is 4.46. The van der Waals surface area contributed by atoms with Crippen LogP contribution in [-0.2, 0) is 4.79 Å². The quantitative estimate of drug-likeness (QED) is 0.692. The van der Waals surface area contributed by atoms with Crippen molar-refractivity contribution in [1.82, 2.24) is 5.32 Å². The van der Waals surface area contributed by atoms with Crippen LogP contribution >= 0.6 is 38.5 Å². The van der Waals surface area contributed by atoms with Gasteiger partial charge in [-0.05, 0) is 46.7 Å². The molecule has 1 rings (SSSR count). The fraction of sp³-hybridized carbons (Fsp3) is 0.385. The topological polar surface area (TPSA) is 66.4 Å². The summed E-state index contributed by atoms with van der Waals surface area (Å²) in [5.74, 6) is -1.49. The molecule has 2 atom stereocenters. The normalized spacial score (nSPS) is 13.7. The van der Waals surface area contributed by atoms with E-state index in [1.165, 1.54) is 0 Å². The van der Waals surface area contributed by atoms with Gasteiger partial charge in [0.1, 0.15) is 6.04 Å². The number of carboxylic acid groups (broad SMARTS) is 1. The van der Waals surface area contributed by atoms with E-state index in [-0.39, 0.29) is 11.8 Å². The maximum atomic E-state index is 12.2. The van der Waals surface area contributed by atoms with E-state index in [0.29, 0.717) is 12.0 Å². The lowest BCUT2D eigenvalue weighted by atomic mass is 9.99. The predicted octanol–water partition coefficient (Wildman–Crippen LogP) is 3.28. The first-order valence-electron chi connectivity index (χ1n) is 5.85. The molecule has 4 nitrogen and oxygen atoms in total. The molecule has 0 fully saturated rings. The molecule has 0 bridgehead atoms. The van der Waals surface area contributed by atoms with E-state index in [0.717, 1.165) is 8.04 Å². The van der Waals surface area contributed by atoms with Gasteiger partial charge in [-0.15, -0.1) is 0 Å². The zero-order chi connectivity index (χ0) is 14.6. The molecule has 6 heteroatoms. The minimum atomic E-state index is -1.01. The van der Waals surface area contributed by atoms with Gasteiger partial charge in [-0.3, -0.25) is 4.79 Å². The third-order valence-corrected chi connectivity index (χ3v) is 4.37. The van der Waals surface area contributed by atoms with Crippen LogP contribution in [0.2, 0.25) is 0 Å². The highest BCUT2D eigenvalue weighted by atomic mass is 127. The Labute approximate surface area is 134 Å². The maximum absolute atomic E-state index is 12.2. The summed E-state index contributed by atoms with van der Waals surface area (Å²) in [6.07, 6.45) is 0.687. The monoisotopic (exact) mass is 439 g/mol. The Morgan fingerprint density at radius 1 is 1.47 bits per heavy atom. The first kappa shape index (κ1) is 16.4. The second kappa shape index (κ2) is 7.23. The number of halogens is 2. The third-order valence-electron chi connectivity index (χ3n) is 2.94. The number of amides is 1. The van der Waals surface area contributed by atoms with Gasteiger partial charge in [-0.25, -0.2) is 4.79 Å². The molecule has 0 saturated carbocycles. The zero-order valence-corrected chi connectivity index (χ0v) is 14.4. The average molecular weight is 440 g/mol. The van der Waals surface area contributed by atoms with Crippen molar-refractivity contribution in [1.29, 1.82) is 0 Å². The number of aliphatic carboxylic acids is 1. The number of benzene rings is 1. The van der Waals surface area contributed by atoms with Crippen molar-refractivity contribution in [3.05, 3.63) is 31.8 Å². The molecule has 0 spiro atoms. The Morgan fingerprint density at radius 2 is 2.11 bits per heavy atom. The first-order chi connectivity index (χ1) is 8.86. The molecule has 104 valence electrons. The minimum Gasteiger partial charge on any atom is -0.480 e. The molecule has 2 N–H and O–H groups in total. The fourth-order valence-corrected chi connectivity index (χ4v) is 2.52. The minimum absolute atomic E-state index is 0.119. The summed E-state index contributed by atoms with van der Waals surface area (Å²) >= 11 is 5.36. The molecule has 0 aliphatic carbocycles. The van der Waals surface area contributed by atoms with E-state index in [2.05, 4.69) is 43.8 Å². The molecule has 1 amide bonds. The third kappa shape index (κ3) is 4.45. The molecule has 0 aromatic heterocycles. The van der Waals surface area contributed by atoms with Gasteiger partial charge in [-0.1, -0.05) is 36.2 Å². The van der Waals surface area contributed by atoms with Crippen LogP contribution in [-0.4, -0.2) is 23.0 Å². The second-order valence-electron chi connectivity index (χ2n) is 4.30. The van der Waals surface area contributed by atoms with E-state index >= 15 is 0 Å². The van der Waals surface area contributed by atoms with Gasteiger partial charge in [0.25, 0.3) is 5.91 Å². The lowest BCUT2D eigenvalue weighted by molar-refractivity contribution is -0.140. The Kier molecular flexibility index (Phi) is 6.25. The average Bonchev–Trinajstić information content (AvgIpc) is 2.37. The van der Waals surface area contributed by atoms with E-state index < -0.39 is 12.0 Å². The zero-order valence-electron chi connectivity index (χ0n) is 10.6. The first-order valence-corrected chi connectivity index (χ1v) is 7.72. The van der Waals surface area contributed by atoms with Crippen LogP contribution in [0.5, 0.6) is 0 Å². The highest BCUT2D eigenvalue weighted by Gasteiger charge is 2.26. The largest absolute Gasteiger partial charge is 0.480 e. The Hall–Kier alpha value is -0.630. The van der Waals surface area contributed by atoms with Crippen LogP contribution in [0.1, 0.15) is 30.6 Å². The standard InChI is InChI=1S/C13H15BrINO3/c1-3-7(2)11(13(18)19)16-12(17)9-6-8(14)4-5-10(9)15/h4-7,11H,3H2,1-2H3,(H,16,17)(H,18,19)/t7-,11-/m0/s1. The molecular formula is C13H15BrINO3. The van der Waals surface area contributed by atoms with Crippen LogP contribution in [0.3, 0.4) is 0 Å². The number of hydrogen-bond acceptors (Lipinski definition) is 2. The van der Waals surface area contributed by atoms with Gasteiger partial charge in [0.15, 0.2) is 0 Å². The molecule has 19 heavy (non-hydrogen) atoms. The lowest BCUT2D eigenvalue weighted by Gasteiger charge is -2.20. The molecule has 0 unspecified atom stereocenters. The van der Waals surface area contributed by atoms with E-state index in [9.17, 15) is 9.59 Å². The van der Waals surface area contributed by atoms with E-state index in [4.69, 9.17) is 5.11 Å². The van der Waals surface area contributed by atoms with Gasteiger partial charge in [0, 0.05) is 8.04 Å². The number of nitrogens with one attached hydrogen (secondary N) is 1. The molecule has 0 aliphatic rings. The summed E-state index contributed by atoms with van der Waals surface area (Å²) in [5, 5.41) is 11.8. The number of carbonyl (C=O) groups excluding carboxylic acids is 1. The maximum Gasteiger partial charge on any atom is 0.326 e. The van der Waals surface area contributed by atoms with Crippen molar-refractivity contribution in [2.24, 2.45) is 5.92 Å². The molecule has 0 saturated heterocycles. The van der Waals surface area contributed by atoms with Gasteiger partial charge in [0.05, 0.1) is 5.56 Å². The molecule has 0 aliphatic heterocycles.